The van der Waals surface area contributed by atoms with Crippen molar-refractivity contribution in [3.63, 3.8) is 0 Å². The minimum Gasteiger partial charge on any atom is -0.348 e. The highest BCUT2D eigenvalue weighted by Gasteiger charge is 2.35. The molecule has 3 heteroatoms. The Morgan fingerprint density at radius 2 is 2.05 bits per heavy atom. The molecule has 2 N–H and O–H groups in total. The lowest BCUT2D eigenvalue weighted by atomic mass is 9.89. The highest BCUT2D eigenvalue weighted by molar-refractivity contribution is 5.82. The molecule has 2 fully saturated rings. The van der Waals surface area contributed by atoms with Crippen LogP contribution in [0.1, 0.15) is 50.6 Å². The van der Waals surface area contributed by atoms with Crippen molar-refractivity contribution in [3.8, 4) is 0 Å². The lowest BCUT2D eigenvalue weighted by Gasteiger charge is -2.30. The maximum Gasteiger partial charge on any atom is 0.237 e. The number of rotatable bonds is 5. The van der Waals surface area contributed by atoms with Crippen molar-refractivity contribution in [2.45, 2.75) is 51.1 Å². The second-order valence-electron chi connectivity index (χ2n) is 6.54. The van der Waals surface area contributed by atoms with Gasteiger partial charge in [0.1, 0.15) is 0 Å². The molecule has 1 saturated heterocycles. The first kappa shape index (κ1) is 14.6. The van der Waals surface area contributed by atoms with Gasteiger partial charge >= 0.3 is 0 Å². The number of hydrogen-bond acceptors (Lipinski definition) is 2. The Hall–Kier alpha value is -1.35. The lowest BCUT2D eigenvalue weighted by Crippen LogP contribution is -2.49. The van der Waals surface area contributed by atoms with Gasteiger partial charge in [-0.1, -0.05) is 43.7 Å². The number of carbonyl (C=O) groups is 1. The third kappa shape index (κ3) is 3.65. The zero-order valence-corrected chi connectivity index (χ0v) is 12.8. The van der Waals surface area contributed by atoms with Crippen LogP contribution in [0.4, 0.5) is 0 Å². The van der Waals surface area contributed by atoms with Gasteiger partial charge in [0.2, 0.25) is 5.91 Å². The molecule has 1 aromatic rings. The van der Waals surface area contributed by atoms with Gasteiger partial charge in [0, 0.05) is 0 Å². The van der Waals surface area contributed by atoms with Gasteiger partial charge < -0.3 is 10.6 Å². The lowest BCUT2D eigenvalue weighted by molar-refractivity contribution is -0.125. The predicted molar refractivity (Wildman–Crippen MR) is 84.9 cm³/mol. The predicted octanol–water partition coefficient (Wildman–Crippen LogP) is 3.03. The molecule has 0 spiro atoms. The summed E-state index contributed by atoms with van der Waals surface area (Å²) in [5.41, 5.74) is 1.25. The molecule has 3 nitrogen and oxygen atoms in total. The van der Waals surface area contributed by atoms with Gasteiger partial charge in [0.25, 0.3) is 0 Å². The van der Waals surface area contributed by atoms with Crippen LogP contribution in [0, 0.1) is 11.8 Å². The first-order chi connectivity index (χ1) is 10.3. The van der Waals surface area contributed by atoms with Gasteiger partial charge in [0.15, 0.2) is 0 Å². The monoisotopic (exact) mass is 286 g/mol. The maximum absolute atomic E-state index is 12.6. The van der Waals surface area contributed by atoms with E-state index in [1.807, 2.05) is 6.07 Å². The fourth-order valence-electron chi connectivity index (χ4n) is 3.38. The van der Waals surface area contributed by atoms with Crippen molar-refractivity contribution in [1.29, 1.82) is 0 Å². The van der Waals surface area contributed by atoms with E-state index in [1.165, 1.54) is 31.2 Å². The van der Waals surface area contributed by atoms with Gasteiger partial charge in [-0.15, -0.1) is 0 Å². The van der Waals surface area contributed by atoms with Crippen LogP contribution in [-0.4, -0.2) is 18.5 Å². The van der Waals surface area contributed by atoms with E-state index in [2.05, 4.69) is 41.8 Å². The Balaban J connectivity index is 1.64. The molecule has 1 heterocycles. The van der Waals surface area contributed by atoms with E-state index in [0.717, 1.165) is 13.0 Å². The van der Waals surface area contributed by atoms with E-state index < -0.39 is 0 Å². The minimum absolute atomic E-state index is 0.00587. The SMILES string of the molecule is CCC1CCNC(C(=O)NC(c2ccccc2)C2CC2)C1. The molecule has 3 atom stereocenters. The summed E-state index contributed by atoms with van der Waals surface area (Å²) in [5.74, 6) is 1.51. The van der Waals surface area contributed by atoms with Crippen molar-refractivity contribution in [3.05, 3.63) is 35.9 Å². The van der Waals surface area contributed by atoms with E-state index in [4.69, 9.17) is 0 Å². The molecule has 3 rings (SSSR count). The van der Waals surface area contributed by atoms with Gasteiger partial charge in [-0.3, -0.25) is 4.79 Å². The van der Waals surface area contributed by atoms with E-state index in [0.29, 0.717) is 11.8 Å². The highest BCUT2D eigenvalue weighted by atomic mass is 16.2. The summed E-state index contributed by atoms with van der Waals surface area (Å²) in [5, 5.41) is 6.70. The van der Waals surface area contributed by atoms with Crippen molar-refractivity contribution in [2.24, 2.45) is 11.8 Å². The molecule has 0 radical (unpaired) electrons. The fourth-order valence-corrected chi connectivity index (χ4v) is 3.38. The normalized spacial score (nSPS) is 27.1. The van der Waals surface area contributed by atoms with Gasteiger partial charge in [-0.25, -0.2) is 0 Å². The Bertz CT molecular complexity index is 469. The average Bonchev–Trinajstić information content (AvgIpc) is 3.38. The van der Waals surface area contributed by atoms with Crippen molar-refractivity contribution < 1.29 is 4.79 Å². The molecule has 3 unspecified atom stereocenters. The van der Waals surface area contributed by atoms with Gasteiger partial charge in [-0.2, -0.15) is 0 Å². The number of carbonyl (C=O) groups excluding carboxylic acids is 1. The maximum atomic E-state index is 12.6. The van der Waals surface area contributed by atoms with Crippen molar-refractivity contribution in [1.82, 2.24) is 10.6 Å². The molecular weight excluding hydrogens is 260 g/mol. The Morgan fingerprint density at radius 1 is 1.29 bits per heavy atom. The number of amides is 1. The number of piperidine rings is 1. The summed E-state index contributed by atoms with van der Waals surface area (Å²) in [4.78, 5) is 12.6. The first-order valence-corrected chi connectivity index (χ1v) is 8.36. The van der Waals surface area contributed by atoms with Gasteiger partial charge in [-0.05, 0) is 49.6 Å². The summed E-state index contributed by atoms with van der Waals surface area (Å²) in [7, 11) is 0. The topological polar surface area (TPSA) is 41.1 Å². The number of nitrogens with one attached hydrogen (secondary N) is 2. The smallest absolute Gasteiger partial charge is 0.237 e. The number of hydrogen-bond donors (Lipinski definition) is 2. The fraction of sp³-hybridized carbons (Fsp3) is 0.611. The zero-order valence-electron chi connectivity index (χ0n) is 12.8. The van der Waals surface area contributed by atoms with Crippen LogP contribution in [0.5, 0.6) is 0 Å². The van der Waals surface area contributed by atoms with Crippen LogP contribution in [0.3, 0.4) is 0 Å². The van der Waals surface area contributed by atoms with Crippen LogP contribution in [0.2, 0.25) is 0 Å². The molecule has 114 valence electrons. The Labute approximate surface area is 127 Å². The standard InChI is InChI=1S/C18H26N2O/c1-2-13-10-11-19-16(12-13)18(21)20-17(15-8-9-15)14-6-4-3-5-7-14/h3-7,13,15-17,19H,2,8-12H2,1H3,(H,20,21). The third-order valence-electron chi connectivity index (χ3n) is 4.96. The molecular formula is C18H26N2O. The minimum atomic E-state index is -0.00587. The van der Waals surface area contributed by atoms with Crippen molar-refractivity contribution in [2.75, 3.05) is 6.54 Å². The van der Waals surface area contributed by atoms with Crippen molar-refractivity contribution >= 4 is 5.91 Å². The molecule has 1 aliphatic heterocycles. The van der Waals surface area contributed by atoms with E-state index in [1.54, 1.807) is 0 Å². The summed E-state index contributed by atoms with van der Waals surface area (Å²) < 4.78 is 0. The van der Waals surface area contributed by atoms with E-state index in [9.17, 15) is 4.79 Å². The van der Waals surface area contributed by atoms with Crippen LogP contribution >= 0.6 is 0 Å². The van der Waals surface area contributed by atoms with Crippen LogP contribution in [-0.2, 0) is 4.79 Å². The molecule has 1 saturated carbocycles. The second-order valence-corrected chi connectivity index (χ2v) is 6.54. The summed E-state index contributed by atoms with van der Waals surface area (Å²) in [6.45, 7) is 3.19. The third-order valence-corrected chi connectivity index (χ3v) is 4.96. The summed E-state index contributed by atoms with van der Waals surface area (Å²) >= 11 is 0. The van der Waals surface area contributed by atoms with Gasteiger partial charge in [0.05, 0.1) is 12.1 Å². The quantitative estimate of drug-likeness (QED) is 0.873. The first-order valence-electron chi connectivity index (χ1n) is 8.36. The van der Waals surface area contributed by atoms with E-state index >= 15 is 0 Å². The average molecular weight is 286 g/mol. The Kier molecular flexibility index (Phi) is 4.59. The molecule has 21 heavy (non-hydrogen) atoms. The highest BCUT2D eigenvalue weighted by Crippen LogP contribution is 2.41. The number of benzene rings is 1. The molecule has 1 aromatic carbocycles. The summed E-state index contributed by atoms with van der Waals surface area (Å²) in [6.07, 6.45) is 5.82. The van der Waals surface area contributed by atoms with Crippen LogP contribution < -0.4 is 10.6 Å². The Morgan fingerprint density at radius 3 is 2.71 bits per heavy atom. The van der Waals surface area contributed by atoms with Crippen LogP contribution in [0.25, 0.3) is 0 Å². The van der Waals surface area contributed by atoms with Crippen LogP contribution in [0.15, 0.2) is 30.3 Å². The largest absolute Gasteiger partial charge is 0.348 e. The molecule has 0 aromatic heterocycles. The molecule has 2 aliphatic rings. The second kappa shape index (κ2) is 6.61. The van der Waals surface area contributed by atoms with E-state index in [-0.39, 0.29) is 18.0 Å². The zero-order chi connectivity index (χ0) is 14.7. The summed E-state index contributed by atoms with van der Waals surface area (Å²) in [6, 6.07) is 10.6. The molecule has 1 amide bonds. The molecule has 1 aliphatic carbocycles. The molecule has 0 bridgehead atoms.